The molecule has 3 aliphatic rings. The van der Waals surface area contributed by atoms with Crippen molar-refractivity contribution in [2.75, 3.05) is 0 Å². The van der Waals surface area contributed by atoms with Crippen LogP contribution in [0.3, 0.4) is 0 Å². The summed E-state index contributed by atoms with van der Waals surface area (Å²) in [5.41, 5.74) is 12.4. The minimum absolute atomic E-state index is 0.705. The Morgan fingerprint density at radius 3 is 2.09 bits per heavy atom. The first-order chi connectivity index (χ1) is 15.8. The quantitative estimate of drug-likeness (QED) is 0.373. The Morgan fingerprint density at radius 2 is 1.45 bits per heavy atom. The van der Waals surface area contributed by atoms with E-state index < -0.39 is 7.40 Å². The molecule has 1 aromatic heterocycles. The number of aryl methyl sites for hydroxylation is 2. The highest BCUT2D eigenvalue weighted by molar-refractivity contribution is 9.10. The number of nitrogens with zero attached hydrogens (tertiary/aromatic N) is 2. The number of benzene rings is 1. The largest absolute Gasteiger partial charge is 0.677 e. The maximum Gasteiger partial charge on any atom is 0.677 e. The molecular weight excluding hydrogens is 481 g/mol. The molecule has 2 nitrogen and oxygen atoms in total. The molecule has 0 amide bonds. The second-order valence-electron chi connectivity index (χ2n) is 9.75. The van der Waals surface area contributed by atoms with Crippen LogP contribution in [0.4, 0.5) is 8.63 Å². The number of rotatable bonds is 3. The maximum absolute atomic E-state index is 14.7. The average Bonchev–Trinajstić information content (AvgIpc) is 3.26. The molecule has 6 heteroatoms. The van der Waals surface area contributed by atoms with Crippen LogP contribution in [0, 0.1) is 20.8 Å². The minimum Gasteiger partial charge on any atom is -0.329 e. The lowest BCUT2D eigenvalue weighted by Gasteiger charge is -2.23. The summed E-state index contributed by atoms with van der Waals surface area (Å²) >= 11 is 3.62. The predicted molar refractivity (Wildman–Crippen MR) is 137 cm³/mol. The molecule has 172 valence electrons. The number of aromatic nitrogens is 1. The van der Waals surface area contributed by atoms with E-state index in [1.807, 2.05) is 6.92 Å². The molecule has 2 aliphatic carbocycles. The van der Waals surface area contributed by atoms with Crippen molar-refractivity contribution in [1.29, 1.82) is 0 Å². The van der Waals surface area contributed by atoms with Gasteiger partial charge >= 0.3 is 7.40 Å². The second-order valence-corrected chi connectivity index (χ2v) is 10.7. The number of allylic oxidation sites excluding steroid dienone is 2. The van der Waals surface area contributed by atoms with E-state index in [9.17, 15) is 8.63 Å². The fourth-order valence-electron chi connectivity index (χ4n) is 6.27. The van der Waals surface area contributed by atoms with Crippen molar-refractivity contribution in [3.63, 3.8) is 0 Å². The minimum atomic E-state index is -2.58. The number of hydrogen-bond acceptors (Lipinski definition) is 1. The lowest BCUT2D eigenvalue weighted by atomic mass is 9.83. The van der Waals surface area contributed by atoms with Crippen LogP contribution in [0.5, 0.6) is 0 Å². The Hall–Kier alpha value is -1.95. The van der Waals surface area contributed by atoms with Gasteiger partial charge in [0.15, 0.2) is 0 Å². The molecule has 0 radical (unpaired) electrons. The van der Waals surface area contributed by atoms with E-state index in [-0.39, 0.29) is 0 Å². The molecule has 1 aliphatic heterocycles. The summed E-state index contributed by atoms with van der Waals surface area (Å²) in [6.45, 7) is 8.13. The predicted octanol–water partition coefficient (Wildman–Crippen LogP) is 7.93. The zero-order valence-corrected chi connectivity index (χ0v) is 21.5. The summed E-state index contributed by atoms with van der Waals surface area (Å²) in [4.78, 5) is 5.10. The second kappa shape index (κ2) is 8.68. The highest BCUT2D eigenvalue weighted by atomic mass is 79.9. The van der Waals surface area contributed by atoms with Gasteiger partial charge in [0.05, 0.1) is 5.70 Å². The van der Waals surface area contributed by atoms with E-state index in [0.29, 0.717) is 5.69 Å². The van der Waals surface area contributed by atoms with Crippen molar-refractivity contribution in [3.8, 4) is 0 Å². The molecular formula is C27H30BBrF2N2. The first kappa shape index (κ1) is 22.8. The van der Waals surface area contributed by atoms with Crippen molar-refractivity contribution in [2.45, 2.75) is 79.1 Å². The molecule has 0 atom stereocenters. The molecule has 2 aromatic rings. The first-order valence-electron chi connectivity index (χ1n) is 12.1. The molecule has 1 aromatic carbocycles. The van der Waals surface area contributed by atoms with Gasteiger partial charge in [-0.1, -0.05) is 15.9 Å². The van der Waals surface area contributed by atoms with E-state index in [1.54, 1.807) is 0 Å². The van der Waals surface area contributed by atoms with Crippen LogP contribution in [-0.2, 0) is 12.8 Å². The summed E-state index contributed by atoms with van der Waals surface area (Å²) < 4.78 is 31.7. The zero-order chi connectivity index (χ0) is 23.4. The van der Waals surface area contributed by atoms with Gasteiger partial charge < -0.3 is 4.48 Å². The number of hydrogen-bond donors (Lipinski definition) is 0. The van der Waals surface area contributed by atoms with Crippen LogP contribution < -0.4 is 0 Å². The Kier molecular flexibility index (Phi) is 6.01. The Balaban J connectivity index is 1.93. The third-order valence-corrected chi connectivity index (χ3v) is 8.14. The molecule has 5 rings (SSSR count). The molecule has 0 spiro atoms. The summed E-state index contributed by atoms with van der Waals surface area (Å²) in [5.74, 6) is 0. The normalized spacial score (nSPS) is 19.4. The lowest BCUT2D eigenvalue weighted by Crippen LogP contribution is -2.19. The van der Waals surface area contributed by atoms with Crippen molar-refractivity contribution in [3.05, 3.63) is 72.7 Å². The van der Waals surface area contributed by atoms with Crippen LogP contribution in [0.1, 0.15) is 84.7 Å². The molecule has 0 fully saturated rings. The summed E-state index contributed by atoms with van der Waals surface area (Å²) in [7, 11) is -2.58. The van der Waals surface area contributed by atoms with Crippen LogP contribution in [0.15, 0.2) is 38.4 Å². The van der Waals surface area contributed by atoms with E-state index >= 15 is 0 Å². The van der Waals surface area contributed by atoms with Gasteiger partial charge in [-0.2, -0.15) is 0 Å². The standard InChI is InChI=1S/C27H30BBrF2N2/c1-15-13-19(29)14-16(2)24(15)25(26-22-11-7-5-9-20(22)17(3)32-26)27-23-12-8-6-10-21(23)18(4)33(27)28(30)31/h13-14H,5-12H2,1-4H3/b26-25-. The molecule has 0 saturated heterocycles. The van der Waals surface area contributed by atoms with Gasteiger partial charge in [0.1, 0.15) is 0 Å². The van der Waals surface area contributed by atoms with Crippen molar-refractivity contribution >= 4 is 34.6 Å². The van der Waals surface area contributed by atoms with Gasteiger partial charge in [0.25, 0.3) is 0 Å². The maximum atomic E-state index is 14.7. The van der Waals surface area contributed by atoms with E-state index in [1.165, 1.54) is 22.0 Å². The average molecular weight is 511 g/mol. The van der Waals surface area contributed by atoms with Gasteiger partial charge in [-0.3, -0.25) is 13.6 Å². The van der Waals surface area contributed by atoms with Gasteiger partial charge in [0, 0.05) is 27.1 Å². The Morgan fingerprint density at radius 1 is 0.879 bits per heavy atom. The van der Waals surface area contributed by atoms with E-state index in [2.05, 4.69) is 48.8 Å². The summed E-state index contributed by atoms with van der Waals surface area (Å²) in [6, 6.07) is 4.19. The zero-order valence-electron chi connectivity index (χ0n) is 19.9. The summed E-state index contributed by atoms with van der Waals surface area (Å²) in [6.07, 6.45) is 8.15. The van der Waals surface area contributed by atoms with E-state index in [0.717, 1.165) is 99.9 Å². The van der Waals surface area contributed by atoms with E-state index in [4.69, 9.17) is 4.99 Å². The number of fused-ring (bicyclic) bond motifs is 1. The molecule has 0 unspecified atom stereocenters. The highest BCUT2D eigenvalue weighted by Crippen LogP contribution is 2.46. The lowest BCUT2D eigenvalue weighted by molar-refractivity contribution is 0.623. The number of halogens is 3. The smallest absolute Gasteiger partial charge is 0.329 e. The van der Waals surface area contributed by atoms with Crippen LogP contribution in [0.25, 0.3) is 5.57 Å². The van der Waals surface area contributed by atoms with Crippen LogP contribution in [-0.4, -0.2) is 17.6 Å². The topological polar surface area (TPSA) is 17.3 Å². The first-order valence-corrected chi connectivity index (χ1v) is 12.9. The third kappa shape index (κ3) is 3.69. The Bertz CT molecular complexity index is 1230. The van der Waals surface area contributed by atoms with Gasteiger partial charge in [0.2, 0.25) is 0 Å². The number of aliphatic imine (C=N–C) groups is 1. The fraction of sp³-hybridized carbons (Fsp3) is 0.444. The molecule has 0 saturated carbocycles. The van der Waals surface area contributed by atoms with Crippen molar-refractivity contribution in [2.24, 2.45) is 4.99 Å². The van der Waals surface area contributed by atoms with Crippen molar-refractivity contribution in [1.82, 2.24) is 4.48 Å². The van der Waals surface area contributed by atoms with Crippen molar-refractivity contribution < 1.29 is 8.63 Å². The van der Waals surface area contributed by atoms with Gasteiger partial charge in [-0.05, 0) is 130 Å². The summed E-state index contributed by atoms with van der Waals surface area (Å²) in [5, 5.41) is 0. The van der Waals surface area contributed by atoms with Gasteiger partial charge in [-0.25, -0.2) is 0 Å². The van der Waals surface area contributed by atoms with Crippen LogP contribution in [0.2, 0.25) is 0 Å². The fourth-order valence-corrected chi connectivity index (χ4v) is 6.96. The molecule has 0 N–H and O–H groups in total. The molecule has 2 heterocycles. The van der Waals surface area contributed by atoms with Gasteiger partial charge in [-0.15, -0.1) is 0 Å². The third-order valence-electron chi connectivity index (χ3n) is 7.68. The molecule has 0 bridgehead atoms. The monoisotopic (exact) mass is 510 g/mol. The molecule has 33 heavy (non-hydrogen) atoms. The van der Waals surface area contributed by atoms with Crippen LogP contribution >= 0.6 is 15.9 Å². The SMILES string of the molecule is CC1=N/C(=C(/c2c(C)cc(Br)cc2C)c2c3c(c(C)n2B(F)F)CCCC3)C2=C1CCCC2. The Labute approximate surface area is 204 Å². The highest BCUT2D eigenvalue weighted by Gasteiger charge is 2.36.